The molecule has 2 aromatic carbocycles. The van der Waals surface area contributed by atoms with Crippen molar-refractivity contribution in [2.75, 3.05) is 0 Å². The van der Waals surface area contributed by atoms with Gasteiger partial charge in [-0.1, -0.05) is 80.2 Å². The molecule has 0 atom stereocenters. The van der Waals surface area contributed by atoms with Crippen LogP contribution in [-0.2, 0) is 17.4 Å². The minimum absolute atomic E-state index is 0. The molecule has 0 fully saturated rings. The van der Waals surface area contributed by atoms with Gasteiger partial charge in [0.05, 0.1) is 7.74 Å². The minimum Gasteiger partial charge on any atom is -0.358 e. The standard InChI is InChI=1S/C21H24PSi.4CH3.ClH.Cr/c1-17-9-13-19(14-10-17)22(20-15-11-18(2)12-16-20)23(3,4)21-7-5-6-8-21;;;;;;/h5,7,9-16H,6H2,1-4H3;4*1H3;1H;/q5*-1;;+5. The van der Waals surface area contributed by atoms with Gasteiger partial charge in [-0.05, 0) is 24.5 Å². The quantitative estimate of drug-likeness (QED) is 0.241. The summed E-state index contributed by atoms with van der Waals surface area (Å²) in [5.74, 6) is 0. The molecule has 1 aliphatic rings. The van der Waals surface area contributed by atoms with Crippen LogP contribution in [0.25, 0.3) is 0 Å². The molecule has 0 spiro atoms. The summed E-state index contributed by atoms with van der Waals surface area (Å²) in [5.41, 5.74) is 2.66. The monoisotopic (exact) mass is 483 g/mol. The summed E-state index contributed by atoms with van der Waals surface area (Å²) in [5, 5.41) is 4.49. The van der Waals surface area contributed by atoms with Crippen LogP contribution in [0.2, 0.25) is 13.1 Å². The van der Waals surface area contributed by atoms with Gasteiger partial charge in [0.1, 0.15) is 0 Å². The van der Waals surface area contributed by atoms with Crippen LogP contribution in [0, 0.1) is 49.6 Å². The van der Waals surface area contributed by atoms with Crippen LogP contribution in [-0.4, -0.2) is 7.74 Å². The van der Waals surface area contributed by atoms with E-state index in [1.165, 1.54) is 26.9 Å². The van der Waals surface area contributed by atoms with Gasteiger partial charge in [-0.15, -0.1) is 18.8 Å². The summed E-state index contributed by atoms with van der Waals surface area (Å²) in [7, 11) is -1.97. The van der Waals surface area contributed by atoms with Crippen molar-refractivity contribution in [1.82, 2.24) is 0 Å². The predicted octanol–water partition coefficient (Wildman–Crippen LogP) is 7.39. The molecule has 1 radical (unpaired) electrons. The van der Waals surface area contributed by atoms with E-state index in [2.05, 4.69) is 93.7 Å². The van der Waals surface area contributed by atoms with Crippen LogP contribution >= 0.6 is 19.9 Å². The molecule has 0 unspecified atom stereocenters. The smallest absolute Gasteiger partial charge is 0.358 e. The molecule has 0 aromatic heterocycles. The summed E-state index contributed by atoms with van der Waals surface area (Å²) in [6.07, 6.45) is 9.18. The molecule has 0 amide bonds. The number of halogens is 1. The van der Waals surface area contributed by atoms with Gasteiger partial charge in [-0.2, -0.15) is 6.08 Å². The van der Waals surface area contributed by atoms with Gasteiger partial charge in [-0.3, -0.25) is 6.08 Å². The Balaban J connectivity index is -0.000000521. The number of benzene rings is 2. The average Bonchev–Trinajstić information content (AvgIpc) is 3.06. The fraction of sp³-hybridized carbons (Fsp3) is 0.200. The fourth-order valence-corrected chi connectivity index (χ4v) is 12.9. The van der Waals surface area contributed by atoms with Crippen LogP contribution in [0.5, 0.6) is 0 Å². The summed E-state index contributed by atoms with van der Waals surface area (Å²) >= 11 is 0. The topological polar surface area (TPSA) is 0 Å². The Morgan fingerprint density at radius 1 is 0.759 bits per heavy atom. The first-order valence-electron chi connectivity index (χ1n) is 8.20. The van der Waals surface area contributed by atoms with Crippen molar-refractivity contribution >= 4 is 38.2 Å². The van der Waals surface area contributed by atoms with E-state index in [9.17, 15) is 0 Å². The Morgan fingerprint density at radius 2 is 1.14 bits per heavy atom. The molecule has 3 rings (SSSR count). The van der Waals surface area contributed by atoms with Crippen LogP contribution in [0.1, 0.15) is 17.5 Å². The van der Waals surface area contributed by atoms with Crippen molar-refractivity contribution in [3.63, 3.8) is 0 Å². The Bertz CT molecular complexity index is 704. The van der Waals surface area contributed by atoms with Gasteiger partial charge in [0.15, 0.2) is 0 Å². The van der Waals surface area contributed by atoms with Crippen molar-refractivity contribution in [2.24, 2.45) is 0 Å². The third-order valence-electron chi connectivity index (χ3n) is 4.50. The number of allylic oxidation sites excluding steroid dienone is 4. The summed E-state index contributed by atoms with van der Waals surface area (Å²) < 4.78 is 0. The summed E-state index contributed by atoms with van der Waals surface area (Å²) in [4.78, 5) is 0. The molecular weight excluding hydrogens is 447 g/mol. The molecule has 2 aromatic rings. The SMILES string of the molecule is Cc1ccc(P(c2ccc(C)cc2)[Si](C)(C)C2=[C-]CC=C2)cc1.Cl.[CH3-].[CH3-].[CH3-].[CH3-].[Cr+5]. The zero-order valence-electron chi connectivity index (χ0n) is 19.2. The molecule has 0 nitrogen and oxygen atoms in total. The van der Waals surface area contributed by atoms with Crippen molar-refractivity contribution in [2.45, 2.75) is 33.4 Å². The first-order valence-corrected chi connectivity index (χ1v) is 13.4. The average molecular weight is 484 g/mol. The van der Waals surface area contributed by atoms with Gasteiger partial charge in [0.25, 0.3) is 0 Å². The maximum Gasteiger partial charge on any atom is 5.00 e. The van der Waals surface area contributed by atoms with E-state index in [-0.39, 0.29) is 66.9 Å². The molecule has 0 aliphatic heterocycles. The molecule has 0 heterocycles. The van der Waals surface area contributed by atoms with Crippen LogP contribution in [0.4, 0.5) is 0 Å². The van der Waals surface area contributed by atoms with Gasteiger partial charge < -0.3 is 29.7 Å². The van der Waals surface area contributed by atoms with Gasteiger partial charge >= 0.3 is 17.4 Å². The maximum atomic E-state index is 3.62. The number of aryl methyl sites for hydroxylation is 2. The second-order valence-corrected chi connectivity index (χ2v) is 16.8. The minimum atomic E-state index is -1.63. The van der Waals surface area contributed by atoms with Crippen LogP contribution < -0.4 is 10.6 Å². The second kappa shape index (κ2) is 15.2. The van der Waals surface area contributed by atoms with Gasteiger partial charge in [-0.25, -0.2) is 11.3 Å². The molecule has 29 heavy (non-hydrogen) atoms. The third kappa shape index (κ3) is 8.20. The zero-order chi connectivity index (χ0) is 16.4. The van der Waals surface area contributed by atoms with E-state index in [0.717, 1.165) is 6.42 Å². The van der Waals surface area contributed by atoms with Crippen LogP contribution in [0.3, 0.4) is 0 Å². The van der Waals surface area contributed by atoms with E-state index in [1.54, 1.807) is 0 Å². The first kappa shape index (κ1) is 35.8. The Labute approximate surface area is 201 Å². The molecule has 0 saturated heterocycles. The Hall–Kier alpha value is -0.611. The number of hydrogen-bond donors (Lipinski definition) is 0. The first-order chi connectivity index (χ1) is 11.0. The molecule has 0 saturated carbocycles. The van der Waals surface area contributed by atoms with Gasteiger partial charge in [0, 0.05) is 0 Å². The zero-order valence-corrected chi connectivity index (χ0v) is 23.2. The molecular formula is C25H37ClCrPSi. The predicted molar refractivity (Wildman–Crippen MR) is 139 cm³/mol. The molecule has 1 aliphatic carbocycles. The summed E-state index contributed by atoms with van der Waals surface area (Å²) in [6, 6.07) is 18.4. The Morgan fingerprint density at radius 3 is 1.45 bits per heavy atom. The molecule has 159 valence electrons. The van der Waals surface area contributed by atoms with Crippen molar-refractivity contribution in [1.29, 1.82) is 0 Å². The van der Waals surface area contributed by atoms with E-state index in [4.69, 9.17) is 0 Å². The van der Waals surface area contributed by atoms with E-state index >= 15 is 0 Å². The van der Waals surface area contributed by atoms with E-state index < -0.39 is 7.74 Å². The number of hydrogen-bond acceptors (Lipinski definition) is 0. The van der Waals surface area contributed by atoms with Crippen LogP contribution in [0.15, 0.2) is 65.9 Å². The largest absolute Gasteiger partial charge is 5.00 e. The second-order valence-electron chi connectivity index (χ2n) is 6.76. The normalized spacial score (nSPS) is 11.4. The number of rotatable bonds is 4. The molecule has 4 heteroatoms. The van der Waals surface area contributed by atoms with Crippen molar-refractivity contribution in [3.8, 4) is 0 Å². The van der Waals surface area contributed by atoms with Crippen molar-refractivity contribution in [3.05, 3.63) is 113 Å². The molecule has 0 bridgehead atoms. The van der Waals surface area contributed by atoms with E-state index in [0.29, 0.717) is 0 Å². The van der Waals surface area contributed by atoms with Gasteiger partial charge in [0.2, 0.25) is 0 Å². The van der Waals surface area contributed by atoms with Crippen molar-refractivity contribution < 1.29 is 17.4 Å². The summed E-state index contributed by atoms with van der Waals surface area (Å²) in [6.45, 7) is 9.35. The maximum absolute atomic E-state index is 3.62. The Kier molecular flexibility index (Phi) is 18.8. The fourth-order valence-electron chi connectivity index (χ4n) is 3.13. The van der Waals surface area contributed by atoms with E-state index in [1.807, 2.05) is 0 Å². The molecule has 0 N–H and O–H groups in total. The third-order valence-corrected chi connectivity index (χ3v) is 14.5.